The zero-order valence-corrected chi connectivity index (χ0v) is 16.7. The Morgan fingerprint density at radius 1 is 1.12 bits per heavy atom. The van der Waals surface area contributed by atoms with Gasteiger partial charge >= 0.3 is 5.69 Å². The van der Waals surface area contributed by atoms with Gasteiger partial charge in [0.25, 0.3) is 5.56 Å². The Hall–Kier alpha value is -2.35. The highest BCUT2D eigenvalue weighted by Crippen LogP contribution is 2.19. The third kappa shape index (κ3) is 3.33. The van der Waals surface area contributed by atoms with E-state index in [1.165, 1.54) is 11.6 Å². The van der Waals surface area contributed by atoms with Crippen molar-refractivity contribution in [1.29, 1.82) is 0 Å². The summed E-state index contributed by atoms with van der Waals surface area (Å²) in [5.74, 6) is 0.606. The SMILES string of the molecule is CCCCNc1nc2c(c(=O)n(C)c(=O)n2C)n1Cc1ccc(Br)cc1. The molecule has 3 rings (SSSR count). The van der Waals surface area contributed by atoms with Crippen molar-refractivity contribution in [2.75, 3.05) is 11.9 Å². The Labute approximate surface area is 159 Å². The molecule has 0 aliphatic rings. The summed E-state index contributed by atoms with van der Waals surface area (Å²) >= 11 is 3.44. The van der Waals surface area contributed by atoms with Crippen LogP contribution in [0.2, 0.25) is 0 Å². The number of benzene rings is 1. The smallest absolute Gasteiger partial charge is 0.332 e. The zero-order valence-electron chi connectivity index (χ0n) is 15.1. The number of nitrogens with zero attached hydrogens (tertiary/aromatic N) is 4. The van der Waals surface area contributed by atoms with Crippen molar-refractivity contribution >= 4 is 33.0 Å². The number of rotatable bonds is 6. The van der Waals surface area contributed by atoms with Gasteiger partial charge in [-0.05, 0) is 24.1 Å². The maximum Gasteiger partial charge on any atom is 0.332 e. The minimum atomic E-state index is -0.379. The Morgan fingerprint density at radius 3 is 2.46 bits per heavy atom. The summed E-state index contributed by atoms with van der Waals surface area (Å²) in [6.45, 7) is 3.37. The zero-order chi connectivity index (χ0) is 18.8. The van der Waals surface area contributed by atoms with E-state index in [2.05, 4.69) is 33.2 Å². The Kier molecular flexibility index (Phi) is 5.31. The first kappa shape index (κ1) is 18.4. The number of imidazole rings is 1. The predicted octanol–water partition coefficient (Wildman–Crippen LogP) is 2.46. The molecule has 138 valence electrons. The topological polar surface area (TPSA) is 73.8 Å². The molecule has 0 spiro atoms. The van der Waals surface area contributed by atoms with Gasteiger partial charge in [0.2, 0.25) is 5.95 Å². The highest BCUT2D eigenvalue weighted by atomic mass is 79.9. The van der Waals surface area contributed by atoms with Crippen molar-refractivity contribution in [3.8, 4) is 0 Å². The maximum absolute atomic E-state index is 12.8. The molecular weight excluding hydrogens is 398 g/mol. The average Bonchev–Trinajstić information content (AvgIpc) is 2.99. The molecule has 2 aromatic heterocycles. The molecule has 0 fully saturated rings. The molecule has 26 heavy (non-hydrogen) atoms. The molecule has 0 amide bonds. The standard InChI is InChI=1S/C18H22BrN5O2/c1-4-5-10-20-17-21-15-14(16(25)23(3)18(26)22(15)2)24(17)11-12-6-8-13(19)9-7-12/h6-9H,4-5,10-11H2,1-3H3,(H,20,21). The van der Waals surface area contributed by atoms with Crippen LogP contribution in [0.3, 0.4) is 0 Å². The summed E-state index contributed by atoms with van der Waals surface area (Å²) in [5.41, 5.74) is 1.15. The predicted molar refractivity (Wildman–Crippen MR) is 107 cm³/mol. The molecule has 0 aliphatic carbocycles. The van der Waals surface area contributed by atoms with Gasteiger partial charge < -0.3 is 5.32 Å². The van der Waals surface area contributed by atoms with Gasteiger partial charge in [-0.2, -0.15) is 4.98 Å². The fraction of sp³-hybridized carbons (Fsp3) is 0.389. The van der Waals surface area contributed by atoms with E-state index in [0.717, 1.165) is 34.0 Å². The third-order valence-electron chi connectivity index (χ3n) is 4.42. The van der Waals surface area contributed by atoms with Crippen LogP contribution in [0.25, 0.3) is 11.2 Å². The van der Waals surface area contributed by atoms with Gasteiger partial charge in [-0.1, -0.05) is 41.4 Å². The number of hydrogen-bond acceptors (Lipinski definition) is 4. The van der Waals surface area contributed by atoms with Crippen LogP contribution in [0.15, 0.2) is 38.3 Å². The highest BCUT2D eigenvalue weighted by Gasteiger charge is 2.19. The second-order valence-electron chi connectivity index (χ2n) is 6.31. The Balaban J connectivity index is 2.19. The van der Waals surface area contributed by atoms with Crippen LogP contribution in [0.1, 0.15) is 25.3 Å². The number of unbranched alkanes of at least 4 members (excludes halogenated alkanes) is 1. The van der Waals surface area contributed by atoms with Crippen molar-refractivity contribution in [2.24, 2.45) is 14.1 Å². The quantitative estimate of drug-likeness (QED) is 0.622. The first-order valence-electron chi connectivity index (χ1n) is 8.58. The van der Waals surface area contributed by atoms with Gasteiger partial charge in [-0.15, -0.1) is 0 Å². The third-order valence-corrected chi connectivity index (χ3v) is 4.94. The largest absolute Gasteiger partial charge is 0.356 e. The van der Waals surface area contributed by atoms with E-state index in [-0.39, 0.29) is 11.2 Å². The molecule has 1 N–H and O–H groups in total. The van der Waals surface area contributed by atoms with Gasteiger partial charge in [0, 0.05) is 25.1 Å². The molecule has 0 saturated heterocycles. The molecule has 0 radical (unpaired) electrons. The average molecular weight is 420 g/mol. The summed E-state index contributed by atoms with van der Waals surface area (Å²) in [7, 11) is 3.13. The van der Waals surface area contributed by atoms with Gasteiger partial charge in [0.05, 0.1) is 6.54 Å². The van der Waals surface area contributed by atoms with E-state index < -0.39 is 0 Å². The number of aromatic nitrogens is 4. The lowest BCUT2D eigenvalue weighted by Crippen LogP contribution is -2.37. The van der Waals surface area contributed by atoms with Crippen LogP contribution in [0, 0.1) is 0 Å². The fourth-order valence-electron chi connectivity index (χ4n) is 2.88. The molecule has 0 atom stereocenters. The number of halogens is 1. The van der Waals surface area contributed by atoms with Crippen LogP contribution < -0.4 is 16.6 Å². The van der Waals surface area contributed by atoms with E-state index in [9.17, 15) is 9.59 Å². The van der Waals surface area contributed by atoms with Gasteiger partial charge in [0.1, 0.15) is 0 Å². The number of hydrogen-bond donors (Lipinski definition) is 1. The highest BCUT2D eigenvalue weighted by molar-refractivity contribution is 9.10. The Morgan fingerprint density at radius 2 is 1.81 bits per heavy atom. The van der Waals surface area contributed by atoms with Crippen molar-refractivity contribution in [3.63, 3.8) is 0 Å². The molecule has 8 heteroatoms. The van der Waals surface area contributed by atoms with Crippen molar-refractivity contribution < 1.29 is 0 Å². The summed E-state index contributed by atoms with van der Waals surface area (Å²) in [5, 5.41) is 3.31. The minimum Gasteiger partial charge on any atom is -0.356 e. The molecule has 1 aromatic carbocycles. The van der Waals surface area contributed by atoms with Crippen LogP contribution in [-0.4, -0.2) is 25.2 Å². The monoisotopic (exact) mass is 419 g/mol. The summed E-state index contributed by atoms with van der Waals surface area (Å²) < 4.78 is 5.39. The normalized spacial score (nSPS) is 11.2. The molecule has 0 saturated carbocycles. The fourth-order valence-corrected chi connectivity index (χ4v) is 3.15. The van der Waals surface area contributed by atoms with Gasteiger partial charge in [-0.25, -0.2) is 4.79 Å². The lowest BCUT2D eigenvalue weighted by atomic mass is 10.2. The molecule has 0 unspecified atom stereocenters. The molecule has 7 nitrogen and oxygen atoms in total. The van der Waals surface area contributed by atoms with Crippen LogP contribution >= 0.6 is 15.9 Å². The number of anilines is 1. The van der Waals surface area contributed by atoms with Gasteiger partial charge in [0.15, 0.2) is 11.2 Å². The first-order valence-corrected chi connectivity index (χ1v) is 9.38. The molecule has 0 aliphatic heterocycles. The lowest BCUT2D eigenvalue weighted by molar-refractivity contribution is 0.702. The van der Waals surface area contributed by atoms with Crippen LogP contribution in [-0.2, 0) is 20.6 Å². The second kappa shape index (κ2) is 7.49. The van der Waals surface area contributed by atoms with Crippen molar-refractivity contribution in [2.45, 2.75) is 26.3 Å². The van der Waals surface area contributed by atoms with E-state index in [0.29, 0.717) is 23.7 Å². The molecular formula is C18H22BrN5O2. The van der Waals surface area contributed by atoms with Crippen LogP contribution in [0.5, 0.6) is 0 Å². The first-order chi connectivity index (χ1) is 12.4. The Bertz CT molecular complexity index is 1050. The number of nitrogens with one attached hydrogen (secondary N) is 1. The van der Waals surface area contributed by atoms with E-state index in [1.54, 1.807) is 7.05 Å². The van der Waals surface area contributed by atoms with Crippen molar-refractivity contribution in [1.82, 2.24) is 18.7 Å². The molecule has 0 bridgehead atoms. The second-order valence-corrected chi connectivity index (χ2v) is 7.22. The number of aryl methyl sites for hydroxylation is 1. The number of fused-ring (bicyclic) bond motifs is 1. The van der Waals surface area contributed by atoms with Crippen LogP contribution in [0.4, 0.5) is 5.95 Å². The minimum absolute atomic E-state index is 0.337. The molecule has 2 heterocycles. The summed E-state index contributed by atoms with van der Waals surface area (Å²) in [4.78, 5) is 29.5. The van der Waals surface area contributed by atoms with E-state index in [4.69, 9.17) is 0 Å². The van der Waals surface area contributed by atoms with E-state index >= 15 is 0 Å². The molecule has 3 aromatic rings. The summed E-state index contributed by atoms with van der Waals surface area (Å²) in [6, 6.07) is 7.93. The van der Waals surface area contributed by atoms with Gasteiger partial charge in [-0.3, -0.25) is 18.5 Å². The lowest BCUT2D eigenvalue weighted by Gasteiger charge is -2.11. The maximum atomic E-state index is 12.8. The summed E-state index contributed by atoms with van der Waals surface area (Å²) in [6.07, 6.45) is 2.05. The van der Waals surface area contributed by atoms with Crippen molar-refractivity contribution in [3.05, 3.63) is 55.1 Å². The van der Waals surface area contributed by atoms with E-state index in [1.807, 2.05) is 28.8 Å².